The Morgan fingerprint density at radius 1 is 0.952 bits per heavy atom. The van der Waals surface area contributed by atoms with Crippen molar-refractivity contribution in [3.63, 3.8) is 0 Å². The monoisotopic (exact) mass is 355 g/mol. The fraction of sp³-hybridized carbons (Fsp3) is 1.00. The maximum atomic E-state index is 12.7. The second kappa shape index (κ2) is 8.08. The van der Waals surface area contributed by atoms with E-state index in [-0.39, 0.29) is 0 Å². The molecule has 0 rings (SSSR count). The molecule has 0 fully saturated rings. The van der Waals surface area contributed by atoms with Crippen molar-refractivity contribution in [3.05, 3.63) is 0 Å². The van der Waals surface area contributed by atoms with Crippen LogP contribution >= 0.6 is 0 Å². The van der Waals surface area contributed by atoms with Crippen LogP contribution in [0.2, 0.25) is 0 Å². The number of nitrogens with one attached hydrogen (secondary N) is 1. The maximum absolute atomic E-state index is 12.7. The van der Waals surface area contributed by atoms with Gasteiger partial charge < -0.3 is 5.32 Å². The Hall–Kier alpha value is -0.690. The highest BCUT2D eigenvalue weighted by Gasteiger charge is 2.66. The zero-order chi connectivity index (χ0) is 17.5. The summed E-state index contributed by atoms with van der Waals surface area (Å²) in [5.74, 6) is -5.39. The van der Waals surface area contributed by atoms with Gasteiger partial charge in [0.2, 0.25) is 0 Å². The van der Waals surface area contributed by atoms with E-state index in [9.17, 15) is 43.7 Å². The molecule has 0 unspecified atom stereocenters. The van der Waals surface area contributed by atoms with Crippen molar-refractivity contribution < 1.29 is 48.1 Å². The van der Waals surface area contributed by atoms with Crippen LogP contribution in [-0.2, 0) is 14.5 Å². The highest BCUT2D eigenvalue weighted by atomic mass is 32.2. The topological polar surface area (TPSA) is 55.4 Å². The lowest BCUT2D eigenvalue weighted by Crippen LogP contribution is -2.47. The third kappa shape index (κ3) is 7.22. The number of halogens is 8. The molecule has 0 heterocycles. The number of rotatable bonds is 6. The summed E-state index contributed by atoms with van der Waals surface area (Å²) in [4.78, 5) is 0. The lowest BCUT2D eigenvalue weighted by Gasteiger charge is -2.24. The highest BCUT2D eigenvalue weighted by molar-refractivity contribution is 7.87. The third-order valence-electron chi connectivity index (χ3n) is 1.77. The minimum atomic E-state index is -6.55. The van der Waals surface area contributed by atoms with Crippen LogP contribution < -0.4 is 5.32 Å². The summed E-state index contributed by atoms with van der Waals surface area (Å²) in [7, 11) is -2.80. The molecule has 0 saturated heterocycles. The second-order valence-corrected chi connectivity index (χ2v) is 5.25. The predicted octanol–water partition coefficient (Wildman–Crippen LogP) is 3.01. The van der Waals surface area contributed by atoms with Crippen LogP contribution in [-0.4, -0.2) is 39.9 Å². The van der Waals surface area contributed by atoms with Gasteiger partial charge >= 0.3 is 27.5 Å². The van der Waals surface area contributed by atoms with Gasteiger partial charge in [0.15, 0.2) is 0 Å². The Morgan fingerprint density at radius 2 is 1.33 bits per heavy atom. The summed E-state index contributed by atoms with van der Waals surface area (Å²) in [6.45, 7) is 0. The molecule has 0 aromatic carbocycles. The maximum Gasteiger partial charge on any atom is 0.434 e. The Labute approximate surface area is 115 Å². The van der Waals surface area contributed by atoms with Gasteiger partial charge in [0.1, 0.15) is 0 Å². The van der Waals surface area contributed by atoms with Gasteiger partial charge in [0.05, 0.1) is 0 Å². The summed E-state index contributed by atoms with van der Waals surface area (Å²) in [5, 5.41) is -3.21. The summed E-state index contributed by atoms with van der Waals surface area (Å²) < 4.78 is 119. The molecule has 0 aromatic heterocycles. The van der Waals surface area contributed by atoms with Crippen molar-refractivity contribution in [3.8, 4) is 0 Å². The van der Waals surface area contributed by atoms with Crippen LogP contribution in [0.4, 0.5) is 35.3 Å². The minimum Gasteiger partial charge on any atom is -0.323 e. The van der Waals surface area contributed by atoms with Gasteiger partial charge in [0.25, 0.3) is 0 Å². The van der Waals surface area contributed by atoms with E-state index in [2.05, 4.69) is 5.32 Å². The van der Waals surface area contributed by atoms with Crippen LogP contribution in [0.15, 0.2) is 0 Å². The first-order chi connectivity index (χ1) is 9.18. The quantitative estimate of drug-likeness (QED) is 0.745. The molecule has 21 heavy (non-hydrogen) atoms. The first kappa shape index (κ1) is 22.6. The lowest BCUT2D eigenvalue weighted by atomic mass is 10.1. The van der Waals surface area contributed by atoms with Crippen molar-refractivity contribution in [2.75, 3.05) is 14.1 Å². The third-order valence-corrected chi connectivity index (χ3v) is 2.87. The normalized spacial score (nSPS) is 13.6. The first-order valence-electron chi connectivity index (χ1n) is 5.14. The van der Waals surface area contributed by atoms with Crippen LogP contribution in [0.25, 0.3) is 0 Å². The summed E-state index contributed by atoms with van der Waals surface area (Å²) >= 11 is 0. The second-order valence-electron chi connectivity index (χ2n) is 3.71. The molecule has 0 amide bonds. The minimum absolute atomic E-state index is 1.45. The van der Waals surface area contributed by atoms with E-state index in [1.54, 1.807) is 4.39 Å². The van der Waals surface area contributed by atoms with Crippen LogP contribution in [0.5, 0.6) is 0 Å². The Morgan fingerprint density at radius 3 is 1.62 bits per heavy atom. The smallest absolute Gasteiger partial charge is 0.323 e. The van der Waals surface area contributed by atoms with Crippen LogP contribution in [0.1, 0.15) is 19.3 Å². The van der Waals surface area contributed by atoms with Crippen LogP contribution in [0, 0.1) is 0 Å². The Bertz CT molecular complexity index is 395. The Kier molecular flexibility index (Phi) is 8.69. The van der Waals surface area contributed by atoms with Gasteiger partial charge in [-0.3, -0.25) is 0 Å². The molecule has 0 radical (unpaired) electrons. The van der Waals surface area contributed by atoms with Gasteiger partial charge in [-0.2, -0.15) is 39.2 Å². The fourth-order valence-corrected chi connectivity index (χ4v) is 1.43. The van der Waals surface area contributed by atoms with Gasteiger partial charge in [-0.1, -0.05) is 4.39 Å². The van der Waals surface area contributed by atoms with E-state index in [1.807, 2.05) is 14.1 Å². The van der Waals surface area contributed by atoms with E-state index in [0.29, 0.717) is 0 Å². The molecule has 1 N–H and O–H groups in total. The van der Waals surface area contributed by atoms with Gasteiger partial charge in [-0.05, 0) is 25.0 Å². The van der Waals surface area contributed by atoms with Crippen molar-refractivity contribution in [2.45, 2.75) is 36.6 Å². The van der Waals surface area contributed by atoms with Crippen LogP contribution in [0.3, 0.4) is 0 Å². The molecule has 0 saturated carbocycles. The largest absolute Gasteiger partial charge is 0.434 e. The first-order valence-corrected chi connectivity index (χ1v) is 6.55. The molecule has 0 aliphatic rings. The molecular weight excluding hydrogens is 342 g/mol. The molecule has 130 valence electrons. The number of hydrogen-bond donors (Lipinski definition) is 1. The molecular formula is C8H13F8NO3S. The standard InChI is InChI=1S/C6H6F8O3S.C2H7N/c7-4(8,2-1-3-5(9,10)11)6(12,13)18(15,16)17-14;1-3-2/h1-3H2;3H,1-2H3. The molecule has 4 nitrogen and oxygen atoms in total. The van der Waals surface area contributed by atoms with Crippen molar-refractivity contribution in [1.82, 2.24) is 5.32 Å². The molecule has 0 atom stereocenters. The molecule has 0 spiro atoms. The number of hydrogen-bond acceptors (Lipinski definition) is 4. The molecule has 13 heteroatoms. The predicted molar refractivity (Wildman–Crippen MR) is 55.9 cm³/mol. The molecule has 0 aromatic rings. The van der Waals surface area contributed by atoms with Gasteiger partial charge in [-0.15, -0.1) is 0 Å². The molecule has 0 bridgehead atoms. The van der Waals surface area contributed by atoms with Crippen molar-refractivity contribution in [2.24, 2.45) is 0 Å². The molecule has 0 aliphatic heterocycles. The zero-order valence-electron chi connectivity index (χ0n) is 10.8. The SMILES string of the molecule is CNC.O=S(=O)(OF)C(F)(F)C(F)(F)CCCC(F)(F)F. The highest BCUT2D eigenvalue weighted by Crippen LogP contribution is 2.43. The summed E-state index contributed by atoms with van der Waals surface area (Å²) in [6.07, 6.45) is -10.2. The van der Waals surface area contributed by atoms with E-state index < -0.39 is 46.7 Å². The number of alkyl halides is 7. The van der Waals surface area contributed by atoms with Gasteiger partial charge in [-0.25, -0.2) is 0 Å². The average molecular weight is 355 g/mol. The Balaban J connectivity index is 0. The summed E-state index contributed by atoms with van der Waals surface area (Å²) in [5.41, 5.74) is 0. The van der Waals surface area contributed by atoms with Crippen molar-refractivity contribution in [1.29, 1.82) is 0 Å². The lowest BCUT2D eigenvalue weighted by molar-refractivity contribution is -0.180. The zero-order valence-corrected chi connectivity index (χ0v) is 11.6. The van der Waals surface area contributed by atoms with E-state index in [0.717, 1.165) is 0 Å². The fourth-order valence-electron chi connectivity index (χ4n) is 0.879. The average Bonchev–Trinajstić information content (AvgIpc) is 2.27. The summed E-state index contributed by atoms with van der Waals surface area (Å²) in [6, 6.07) is 0. The van der Waals surface area contributed by atoms with E-state index >= 15 is 0 Å². The van der Waals surface area contributed by atoms with Gasteiger partial charge in [0, 0.05) is 12.8 Å². The van der Waals surface area contributed by atoms with E-state index in [4.69, 9.17) is 0 Å². The van der Waals surface area contributed by atoms with E-state index in [1.165, 1.54) is 0 Å². The van der Waals surface area contributed by atoms with Crippen molar-refractivity contribution >= 4 is 10.1 Å². The molecule has 0 aliphatic carbocycles.